The summed E-state index contributed by atoms with van der Waals surface area (Å²) < 4.78 is 0. The molecule has 1 aromatic heterocycles. The fourth-order valence-corrected chi connectivity index (χ4v) is 2.17. The SMILES string of the molecule is CN(C)c1nccc(NCC2(C)CCNCC2)n1. The summed E-state index contributed by atoms with van der Waals surface area (Å²) in [4.78, 5) is 10.6. The van der Waals surface area contributed by atoms with Crippen molar-refractivity contribution in [2.24, 2.45) is 5.41 Å². The molecule has 5 nitrogen and oxygen atoms in total. The number of nitrogens with one attached hydrogen (secondary N) is 2. The molecule has 2 N–H and O–H groups in total. The van der Waals surface area contributed by atoms with Gasteiger partial charge in [0.05, 0.1) is 0 Å². The number of nitrogens with zero attached hydrogens (tertiary/aromatic N) is 3. The van der Waals surface area contributed by atoms with Crippen LogP contribution in [0.25, 0.3) is 0 Å². The van der Waals surface area contributed by atoms with Crippen molar-refractivity contribution in [2.45, 2.75) is 19.8 Å². The van der Waals surface area contributed by atoms with Gasteiger partial charge in [-0.25, -0.2) is 4.98 Å². The number of anilines is 2. The molecule has 1 aliphatic rings. The van der Waals surface area contributed by atoms with Crippen molar-refractivity contribution >= 4 is 11.8 Å². The summed E-state index contributed by atoms with van der Waals surface area (Å²) in [5.41, 5.74) is 0.370. The molecule has 100 valence electrons. The molecule has 0 spiro atoms. The highest BCUT2D eigenvalue weighted by Gasteiger charge is 2.26. The molecule has 0 aliphatic carbocycles. The number of hydrogen-bond donors (Lipinski definition) is 2. The van der Waals surface area contributed by atoms with Crippen molar-refractivity contribution in [1.82, 2.24) is 15.3 Å². The number of hydrogen-bond acceptors (Lipinski definition) is 5. The van der Waals surface area contributed by atoms with E-state index in [0.717, 1.165) is 31.4 Å². The first kappa shape index (κ1) is 13.1. The highest BCUT2D eigenvalue weighted by atomic mass is 15.2. The van der Waals surface area contributed by atoms with E-state index in [4.69, 9.17) is 0 Å². The summed E-state index contributed by atoms with van der Waals surface area (Å²) >= 11 is 0. The lowest BCUT2D eigenvalue weighted by molar-refractivity contribution is 0.247. The first-order valence-electron chi connectivity index (χ1n) is 6.54. The van der Waals surface area contributed by atoms with Crippen LogP contribution in [0.2, 0.25) is 0 Å². The van der Waals surface area contributed by atoms with Gasteiger partial charge in [0.15, 0.2) is 0 Å². The van der Waals surface area contributed by atoms with Crippen LogP contribution in [0, 0.1) is 5.41 Å². The molecule has 1 aliphatic heterocycles. The third-order valence-electron chi connectivity index (χ3n) is 3.55. The van der Waals surface area contributed by atoms with Crippen LogP contribution < -0.4 is 15.5 Å². The Balaban J connectivity index is 1.95. The third kappa shape index (κ3) is 3.32. The number of aromatic nitrogens is 2. The molecule has 0 radical (unpaired) electrons. The molecule has 0 atom stereocenters. The van der Waals surface area contributed by atoms with Crippen LogP contribution in [0.4, 0.5) is 11.8 Å². The number of rotatable bonds is 4. The monoisotopic (exact) mass is 249 g/mol. The van der Waals surface area contributed by atoms with Crippen molar-refractivity contribution in [3.05, 3.63) is 12.3 Å². The molecule has 1 saturated heterocycles. The lowest BCUT2D eigenvalue weighted by atomic mass is 9.81. The Labute approximate surface area is 109 Å². The second-order valence-electron chi connectivity index (χ2n) is 5.55. The lowest BCUT2D eigenvalue weighted by Gasteiger charge is -2.34. The second-order valence-corrected chi connectivity index (χ2v) is 5.55. The Morgan fingerprint density at radius 2 is 2.11 bits per heavy atom. The van der Waals surface area contributed by atoms with E-state index in [1.807, 2.05) is 25.1 Å². The maximum absolute atomic E-state index is 4.48. The minimum absolute atomic E-state index is 0.370. The van der Waals surface area contributed by atoms with Gasteiger partial charge in [-0.15, -0.1) is 0 Å². The summed E-state index contributed by atoms with van der Waals surface area (Å²) in [5, 5.41) is 6.85. The molecule has 5 heteroatoms. The largest absolute Gasteiger partial charge is 0.369 e. The molecular weight excluding hydrogens is 226 g/mol. The van der Waals surface area contributed by atoms with Crippen LogP contribution in [-0.2, 0) is 0 Å². The van der Waals surface area contributed by atoms with Gasteiger partial charge >= 0.3 is 0 Å². The summed E-state index contributed by atoms with van der Waals surface area (Å²) in [6.07, 6.45) is 4.23. The Morgan fingerprint density at radius 1 is 1.39 bits per heavy atom. The Kier molecular flexibility index (Phi) is 4.01. The minimum Gasteiger partial charge on any atom is -0.369 e. The van der Waals surface area contributed by atoms with Gasteiger partial charge in [-0.05, 0) is 37.4 Å². The molecule has 18 heavy (non-hydrogen) atoms. The predicted molar refractivity (Wildman–Crippen MR) is 75.1 cm³/mol. The van der Waals surface area contributed by atoms with Gasteiger partial charge in [0.1, 0.15) is 5.82 Å². The minimum atomic E-state index is 0.370. The van der Waals surface area contributed by atoms with Gasteiger partial charge < -0.3 is 15.5 Å². The zero-order valence-electron chi connectivity index (χ0n) is 11.5. The maximum Gasteiger partial charge on any atom is 0.226 e. The summed E-state index contributed by atoms with van der Waals surface area (Å²) in [6, 6.07) is 1.93. The van der Waals surface area contributed by atoms with Crippen LogP contribution in [0.1, 0.15) is 19.8 Å². The molecule has 1 aromatic rings. The molecular formula is C13H23N5. The molecule has 2 heterocycles. The van der Waals surface area contributed by atoms with Crippen molar-refractivity contribution in [3.63, 3.8) is 0 Å². The lowest BCUT2D eigenvalue weighted by Crippen LogP contribution is -2.39. The van der Waals surface area contributed by atoms with Gasteiger partial charge in [-0.2, -0.15) is 4.98 Å². The van der Waals surface area contributed by atoms with Crippen LogP contribution >= 0.6 is 0 Å². The molecule has 0 bridgehead atoms. The Hall–Kier alpha value is -1.36. The average molecular weight is 249 g/mol. The summed E-state index contributed by atoms with van der Waals surface area (Å²) in [5.74, 6) is 1.66. The third-order valence-corrected chi connectivity index (χ3v) is 3.55. The van der Waals surface area contributed by atoms with Gasteiger partial charge in [0, 0.05) is 26.8 Å². The molecule has 0 unspecified atom stereocenters. The quantitative estimate of drug-likeness (QED) is 0.843. The second kappa shape index (κ2) is 5.52. The van der Waals surface area contributed by atoms with Gasteiger partial charge in [-0.1, -0.05) is 6.92 Å². The first-order valence-corrected chi connectivity index (χ1v) is 6.54. The van der Waals surface area contributed by atoms with E-state index in [1.54, 1.807) is 6.20 Å². The van der Waals surface area contributed by atoms with Crippen LogP contribution in [0.3, 0.4) is 0 Å². The van der Waals surface area contributed by atoms with E-state index >= 15 is 0 Å². The van der Waals surface area contributed by atoms with Crippen molar-refractivity contribution in [3.8, 4) is 0 Å². The zero-order chi connectivity index (χ0) is 13.0. The molecule has 2 rings (SSSR count). The number of piperidine rings is 1. The van der Waals surface area contributed by atoms with Gasteiger partial charge in [0.2, 0.25) is 5.95 Å². The standard InChI is InChI=1S/C13H23N5/c1-13(5-8-14-9-6-13)10-16-11-4-7-15-12(17-11)18(2)3/h4,7,14H,5-6,8-10H2,1-3H3,(H,15,16,17). The summed E-state index contributed by atoms with van der Waals surface area (Å²) in [6.45, 7) is 5.54. The van der Waals surface area contributed by atoms with Crippen molar-refractivity contribution < 1.29 is 0 Å². The Morgan fingerprint density at radius 3 is 2.78 bits per heavy atom. The van der Waals surface area contributed by atoms with E-state index in [0.29, 0.717) is 5.41 Å². The highest BCUT2D eigenvalue weighted by molar-refractivity contribution is 5.40. The van der Waals surface area contributed by atoms with E-state index < -0.39 is 0 Å². The van der Waals surface area contributed by atoms with E-state index in [-0.39, 0.29) is 0 Å². The van der Waals surface area contributed by atoms with Crippen LogP contribution in [0.15, 0.2) is 12.3 Å². The first-order chi connectivity index (χ1) is 8.59. The predicted octanol–water partition coefficient (Wildman–Crippen LogP) is 1.34. The van der Waals surface area contributed by atoms with Crippen LogP contribution in [0.5, 0.6) is 0 Å². The van der Waals surface area contributed by atoms with E-state index in [2.05, 4.69) is 27.5 Å². The normalized spacial score (nSPS) is 18.4. The topological polar surface area (TPSA) is 53.1 Å². The zero-order valence-corrected chi connectivity index (χ0v) is 11.5. The van der Waals surface area contributed by atoms with Gasteiger partial charge in [-0.3, -0.25) is 0 Å². The van der Waals surface area contributed by atoms with Crippen LogP contribution in [-0.4, -0.2) is 43.7 Å². The fraction of sp³-hybridized carbons (Fsp3) is 0.692. The summed E-state index contributed by atoms with van der Waals surface area (Å²) in [7, 11) is 3.90. The average Bonchev–Trinajstić information content (AvgIpc) is 2.38. The molecule has 0 amide bonds. The Bertz CT molecular complexity index is 385. The van der Waals surface area contributed by atoms with Crippen molar-refractivity contribution in [2.75, 3.05) is 43.9 Å². The smallest absolute Gasteiger partial charge is 0.226 e. The molecule has 1 fully saturated rings. The maximum atomic E-state index is 4.48. The molecule has 0 saturated carbocycles. The van der Waals surface area contributed by atoms with E-state index in [9.17, 15) is 0 Å². The molecule has 0 aromatic carbocycles. The fourth-order valence-electron chi connectivity index (χ4n) is 2.17. The van der Waals surface area contributed by atoms with E-state index in [1.165, 1.54) is 12.8 Å². The highest BCUT2D eigenvalue weighted by Crippen LogP contribution is 2.27. The van der Waals surface area contributed by atoms with Crippen molar-refractivity contribution in [1.29, 1.82) is 0 Å². The van der Waals surface area contributed by atoms with Gasteiger partial charge in [0.25, 0.3) is 0 Å².